The van der Waals surface area contributed by atoms with Crippen LogP contribution in [0.3, 0.4) is 0 Å². The number of hydrogen-bond donors (Lipinski definition) is 1. The summed E-state index contributed by atoms with van der Waals surface area (Å²) in [7, 11) is 0. The van der Waals surface area contributed by atoms with E-state index in [2.05, 4.69) is 20.8 Å². The van der Waals surface area contributed by atoms with Crippen molar-refractivity contribution in [2.45, 2.75) is 53.0 Å². The molecule has 2 rings (SSSR count). The summed E-state index contributed by atoms with van der Waals surface area (Å²) in [6, 6.07) is -0.449. The van der Waals surface area contributed by atoms with Crippen LogP contribution >= 0.6 is 0 Å². The SMILES string of the molecule is CC1=C(/C=C/C(=O)N2CCN(C(N)=O)[C@@H](C)C2)C(C)(C)CCC1. The lowest BCUT2D eigenvalue weighted by Gasteiger charge is -2.38. The molecule has 0 unspecified atom stereocenters. The Labute approximate surface area is 139 Å². The molecule has 1 fully saturated rings. The molecule has 1 atom stereocenters. The van der Waals surface area contributed by atoms with Crippen LogP contribution in [0, 0.1) is 5.41 Å². The van der Waals surface area contributed by atoms with Crippen molar-refractivity contribution in [3.8, 4) is 0 Å². The smallest absolute Gasteiger partial charge is 0.315 e. The monoisotopic (exact) mass is 319 g/mol. The van der Waals surface area contributed by atoms with Crippen LogP contribution in [0.5, 0.6) is 0 Å². The number of rotatable bonds is 2. The first-order valence-corrected chi connectivity index (χ1v) is 8.45. The number of amides is 3. The molecule has 0 saturated carbocycles. The number of nitrogens with two attached hydrogens (primary N) is 1. The van der Waals surface area contributed by atoms with E-state index < -0.39 is 6.03 Å². The molecule has 128 valence electrons. The van der Waals surface area contributed by atoms with E-state index in [1.165, 1.54) is 17.6 Å². The maximum atomic E-state index is 12.5. The zero-order valence-electron chi connectivity index (χ0n) is 14.8. The fourth-order valence-electron chi connectivity index (χ4n) is 3.76. The van der Waals surface area contributed by atoms with Crippen molar-refractivity contribution in [2.75, 3.05) is 19.6 Å². The first-order valence-electron chi connectivity index (χ1n) is 8.45. The van der Waals surface area contributed by atoms with Gasteiger partial charge in [0, 0.05) is 31.8 Å². The molecule has 1 aliphatic heterocycles. The lowest BCUT2D eigenvalue weighted by Crippen LogP contribution is -2.56. The van der Waals surface area contributed by atoms with Gasteiger partial charge in [0.05, 0.1) is 0 Å². The molecule has 3 amide bonds. The average molecular weight is 319 g/mol. The van der Waals surface area contributed by atoms with E-state index in [1.54, 1.807) is 15.9 Å². The molecule has 2 aliphatic rings. The van der Waals surface area contributed by atoms with Crippen LogP contribution in [-0.4, -0.2) is 47.4 Å². The second kappa shape index (κ2) is 6.77. The molecule has 5 nitrogen and oxygen atoms in total. The normalized spacial score (nSPS) is 25.1. The molecule has 0 bridgehead atoms. The number of primary amides is 1. The van der Waals surface area contributed by atoms with Crippen LogP contribution in [0.25, 0.3) is 0 Å². The third kappa shape index (κ3) is 3.95. The van der Waals surface area contributed by atoms with Gasteiger partial charge in [0.2, 0.25) is 5.91 Å². The largest absolute Gasteiger partial charge is 0.351 e. The van der Waals surface area contributed by atoms with Gasteiger partial charge in [0.1, 0.15) is 0 Å². The number of allylic oxidation sites excluding steroid dienone is 3. The summed E-state index contributed by atoms with van der Waals surface area (Å²) in [6.45, 7) is 10.2. The van der Waals surface area contributed by atoms with Gasteiger partial charge in [-0.1, -0.05) is 25.5 Å². The Balaban J connectivity index is 2.04. The standard InChI is InChI=1S/C18H29N3O2/c1-13-6-5-9-18(3,4)15(13)7-8-16(22)20-10-11-21(17(19)23)14(2)12-20/h7-8,14H,5-6,9-12H2,1-4H3,(H2,19,23)/b8-7+/t14-/m0/s1. The highest BCUT2D eigenvalue weighted by molar-refractivity contribution is 5.88. The zero-order chi connectivity index (χ0) is 17.2. The molecule has 1 heterocycles. The Bertz CT molecular complexity index is 548. The van der Waals surface area contributed by atoms with Crippen molar-refractivity contribution >= 4 is 11.9 Å². The van der Waals surface area contributed by atoms with Crippen LogP contribution in [0.2, 0.25) is 0 Å². The molecule has 0 radical (unpaired) electrons. The van der Waals surface area contributed by atoms with Crippen LogP contribution in [-0.2, 0) is 4.79 Å². The Kier molecular flexibility index (Phi) is 5.17. The van der Waals surface area contributed by atoms with Crippen LogP contribution < -0.4 is 5.73 Å². The highest BCUT2D eigenvalue weighted by atomic mass is 16.2. The van der Waals surface area contributed by atoms with Gasteiger partial charge >= 0.3 is 6.03 Å². The first-order chi connectivity index (χ1) is 10.7. The van der Waals surface area contributed by atoms with E-state index in [-0.39, 0.29) is 17.4 Å². The number of carbonyl (C=O) groups excluding carboxylic acids is 2. The Morgan fingerprint density at radius 3 is 2.57 bits per heavy atom. The topological polar surface area (TPSA) is 66.6 Å². The molecule has 0 aromatic carbocycles. The lowest BCUT2D eigenvalue weighted by atomic mass is 9.72. The average Bonchev–Trinajstić information content (AvgIpc) is 2.45. The van der Waals surface area contributed by atoms with Gasteiger partial charge in [0.25, 0.3) is 0 Å². The van der Waals surface area contributed by atoms with E-state index in [4.69, 9.17) is 5.73 Å². The van der Waals surface area contributed by atoms with Gasteiger partial charge in [0.15, 0.2) is 0 Å². The molecular formula is C18H29N3O2. The van der Waals surface area contributed by atoms with Crippen molar-refractivity contribution in [3.05, 3.63) is 23.3 Å². The maximum absolute atomic E-state index is 12.5. The molecule has 23 heavy (non-hydrogen) atoms. The third-order valence-corrected chi connectivity index (χ3v) is 5.16. The van der Waals surface area contributed by atoms with E-state index >= 15 is 0 Å². The number of carbonyl (C=O) groups is 2. The summed E-state index contributed by atoms with van der Waals surface area (Å²) in [5.74, 6) is 0.0163. The molecule has 1 aliphatic carbocycles. The van der Waals surface area contributed by atoms with Gasteiger partial charge in [-0.25, -0.2) is 4.79 Å². The van der Waals surface area contributed by atoms with Gasteiger partial charge in [-0.15, -0.1) is 0 Å². The number of nitrogens with zero attached hydrogens (tertiary/aromatic N) is 2. The fraction of sp³-hybridized carbons (Fsp3) is 0.667. The predicted molar refractivity (Wildman–Crippen MR) is 91.8 cm³/mol. The van der Waals surface area contributed by atoms with Gasteiger partial charge in [-0.3, -0.25) is 4.79 Å². The molecule has 0 aromatic rings. The van der Waals surface area contributed by atoms with Crippen molar-refractivity contribution in [1.29, 1.82) is 0 Å². The summed E-state index contributed by atoms with van der Waals surface area (Å²) in [6.07, 6.45) is 7.19. The minimum absolute atomic E-state index is 0.0163. The van der Waals surface area contributed by atoms with E-state index in [1.807, 2.05) is 13.0 Å². The highest BCUT2D eigenvalue weighted by Gasteiger charge is 2.29. The summed E-state index contributed by atoms with van der Waals surface area (Å²) in [4.78, 5) is 27.2. The second-order valence-corrected chi connectivity index (χ2v) is 7.43. The number of piperazine rings is 1. The number of hydrogen-bond acceptors (Lipinski definition) is 2. The second-order valence-electron chi connectivity index (χ2n) is 7.43. The van der Waals surface area contributed by atoms with E-state index in [0.717, 1.165) is 12.8 Å². The zero-order valence-corrected chi connectivity index (χ0v) is 14.8. The summed E-state index contributed by atoms with van der Waals surface area (Å²) in [5, 5.41) is 0. The molecule has 2 N–H and O–H groups in total. The van der Waals surface area contributed by atoms with E-state index in [9.17, 15) is 9.59 Å². The minimum Gasteiger partial charge on any atom is -0.351 e. The predicted octanol–water partition coefficient (Wildman–Crippen LogP) is 2.68. The van der Waals surface area contributed by atoms with Gasteiger partial charge in [-0.05, 0) is 44.1 Å². The fourth-order valence-corrected chi connectivity index (χ4v) is 3.76. The maximum Gasteiger partial charge on any atom is 0.315 e. The lowest BCUT2D eigenvalue weighted by molar-refractivity contribution is -0.128. The van der Waals surface area contributed by atoms with Gasteiger partial charge < -0.3 is 15.5 Å². The van der Waals surface area contributed by atoms with Crippen molar-refractivity contribution in [3.63, 3.8) is 0 Å². The minimum atomic E-state index is -0.412. The summed E-state index contributed by atoms with van der Waals surface area (Å²) in [5.41, 5.74) is 8.16. The summed E-state index contributed by atoms with van der Waals surface area (Å²) < 4.78 is 0. The third-order valence-electron chi connectivity index (χ3n) is 5.16. The Morgan fingerprint density at radius 1 is 1.30 bits per heavy atom. The van der Waals surface area contributed by atoms with Crippen LogP contribution in [0.4, 0.5) is 4.79 Å². The molecular weight excluding hydrogens is 290 g/mol. The van der Waals surface area contributed by atoms with E-state index in [0.29, 0.717) is 19.6 Å². The van der Waals surface area contributed by atoms with Crippen LogP contribution in [0.15, 0.2) is 23.3 Å². The Hall–Kier alpha value is -1.78. The quantitative estimate of drug-likeness (QED) is 0.795. The molecule has 1 saturated heterocycles. The first kappa shape index (κ1) is 17.6. The Morgan fingerprint density at radius 2 is 2.00 bits per heavy atom. The van der Waals surface area contributed by atoms with Crippen molar-refractivity contribution in [1.82, 2.24) is 9.80 Å². The van der Waals surface area contributed by atoms with Crippen molar-refractivity contribution in [2.24, 2.45) is 11.1 Å². The highest BCUT2D eigenvalue weighted by Crippen LogP contribution is 2.40. The van der Waals surface area contributed by atoms with Crippen molar-refractivity contribution < 1.29 is 9.59 Å². The van der Waals surface area contributed by atoms with Gasteiger partial charge in [-0.2, -0.15) is 0 Å². The van der Waals surface area contributed by atoms with Crippen LogP contribution in [0.1, 0.15) is 47.0 Å². The molecule has 0 aromatic heterocycles. The molecule has 5 heteroatoms. The summed E-state index contributed by atoms with van der Waals surface area (Å²) >= 11 is 0. The molecule has 0 spiro atoms. The number of urea groups is 1.